The molecular formula is C8H10N6O2. The zero-order valence-electron chi connectivity index (χ0n) is 8.29. The molecule has 1 fully saturated rings. The van der Waals surface area contributed by atoms with Gasteiger partial charge in [0.25, 0.3) is 0 Å². The van der Waals surface area contributed by atoms with Gasteiger partial charge < -0.3 is 14.9 Å². The fourth-order valence-corrected chi connectivity index (χ4v) is 1.69. The van der Waals surface area contributed by atoms with E-state index in [2.05, 4.69) is 30.6 Å². The van der Waals surface area contributed by atoms with Crippen molar-refractivity contribution in [3.8, 4) is 11.6 Å². The molecule has 2 atom stereocenters. The number of aromatic nitrogens is 5. The molecule has 0 aromatic carbocycles. The molecule has 16 heavy (non-hydrogen) atoms. The molecule has 2 aromatic heterocycles. The molecule has 84 valence electrons. The van der Waals surface area contributed by atoms with Gasteiger partial charge in [0.1, 0.15) is 6.33 Å². The van der Waals surface area contributed by atoms with E-state index in [9.17, 15) is 5.11 Å². The van der Waals surface area contributed by atoms with Crippen LogP contribution in [-0.2, 0) is 0 Å². The van der Waals surface area contributed by atoms with Crippen molar-refractivity contribution in [1.29, 1.82) is 0 Å². The van der Waals surface area contributed by atoms with Crippen LogP contribution in [0.5, 0.6) is 0 Å². The molecule has 8 heteroatoms. The lowest BCUT2D eigenvalue weighted by atomic mass is 10.2. The van der Waals surface area contributed by atoms with Gasteiger partial charge in [-0.05, 0) is 6.42 Å². The van der Waals surface area contributed by atoms with Crippen LogP contribution in [0, 0.1) is 0 Å². The molecule has 3 N–H and O–H groups in total. The molecule has 1 aliphatic rings. The van der Waals surface area contributed by atoms with Crippen LogP contribution in [0.25, 0.3) is 11.6 Å². The number of nitrogens with zero attached hydrogens (tertiary/aromatic N) is 4. The van der Waals surface area contributed by atoms with Crippen molar-refractivity contribution in [2.45, 2.75) is 18.6 Å². The van der Waals surface area contributed by atoms with Gasteiger partial charge in [-0.25, -0.2) is 4.98 Å². The van der Waals surface area contributed by atoms with Crippen molar-refractivity contribution in [3.63, 3.8) is 0 Å². The Hall–Kier alpha value is -1.80. The van der Waals surface area contributed by atoms with Crippen LogP contribution in [0.2, 0.25) is 0 Å². The predicted molar refractivity (Wildman–Crippen MR) is 51.0 cm³/mol. The molecule has 3 rings (SSSR count). The van der Waals surface area contributed by atoms with Gasteiger partial charge >= 0.3 is 0 Å². The van der Waals surface area contributed by atoms with Crippen LogP contribution < -0.4 is 5.32 Å². The van der Waals surface area contributed by atoms with Crippen LogP contribution in [0.4, 0.5) is 0 Å². The normalized spacial score (nSPS) is 25.1. The van der Waals surface area contributed by atoms with Crippen LogP contribution in [0.1, 0.15) is 18.4 Å². The third-order valence-electron chi connectivity index (χ3n) is 2.47. The van der Waals surface area contributed by atoms with Gasteiger partial charge in [-0.15, -0.1) is 0 Å². The van der Waals surface area contributed by atoms with Crippen LogP contribution >= 0.6 is 0 Å². The Morgan fingerprint density at radius 1 is 1.50 bits per heavy atom. The lowest BCUT2D eigenvalue weighted by Crippen LogP contribution is -2.15. The third-order valence-corrected chi connectivity index (χ3v) is 2.47. The first kappa shape index (κ1) is 9.43. The molecule has 0 saturated carbocycles. The number of β-amino-alcohol motifs (C(OH)–C–C–N with tert-alkyl or cyclic N) is 1. The predicted octanol–water partition coefficient (Wildman–Crippen LogP) is -0.750. The highest BCUT2D eigenvalue weighted by atomic mass is 16.5. The molecule has 0 unspecified atom stereocenters. The van der Waals surface area contributed by atoms with Crippen molar-refractivity contribution >= 4 is 0 Å². The maximum Gasteiger partial charge on any atom is 0.244 e. The summed E-state index contributed by atoms with van der Waals surface area (Å²) >= 11 is 0. The minimum atomic E-state index is -0.356. The summed E-state index contributed by atoms with van der Waals surface area (Å²) < 4.78 is 5.10. The Morgan fingerprint density at radius 3 is 3.12 bits per heavy atom. The second-order valence-electron chi connectivity index (χ2n) is 3.64. The van der Waals surface area contributed by atoms with Crippen LogP contribution in [0.15, 0.2) is 10.9 Å². The number of nitrogens with one attached hydrogen (secondary N) is 2. The highest BCUT2D eigenvalue weighted by Crippen LogP contribution is 2.23. The molecule has 0 bridgehead atoms. The van der Waals surface area contributed by atoms with Gasteiger partial charge in [-0.2, -0.15) is 10.1 Å². The Bertz CT molecular complexity index is 467. The van der Waals surface area contributed by atoms with Gasteiger partial charge in [-0.1, -0.05) is 5.16 Å². The van der Waals surface area contributed by atoms with E-state index in [4.69, 9.17) is 4.52 Å². The number of aliphatic hydroxyl groups is 1. The lowest BCUT2D eigenvalue weighted by Gasteiger charge is -2.01. The Kier molecular flexibility index (Phi) is 2.15. The van der Waals surface area contributed by atoms with E-state index >= 15 is 0 Å². The number of rotatable bonds is 2. The SMILES string of the molecule is O[C@@H]1CN[C@@H](c2nc(-c3ncn[nH]3)no2)C1. The molecule has 0 aliphatic carbocycles. The summed E-state index contributed by atoms with van der Waals surface area (Å²) in [5, 5.41) is 22.6. The quantitative estimate of drug-likeness (QED) is 0.612. The van der Waals surface area contributed by atoms with Crippen molar-refractivity contribution < 1.29 is 9.63 Å². The number of aliphatic hydroxyl groups excluding tert-OH is 1. The number of H-pyrrole nitrogens is 1. The van der Waals surface area contributed by atoms with E-state index in [0.29, 0.717) is 30.5 Å². The summed E-state index contributed by atoms with van der Waals surface area (Å²) in [4.78, 5) is 8.10. The zero-order valence-corrected chi connectivity index (χ0v) is 8.29. The molecule has 0 spiro atoms. The monoisotopic (exact) mass is 222 g/mol. The van der Waals surface area contributed by atoms with Crippen LogP contribution in [0.3, 0.4) is 0 Å². The molecule has 1 saturated heterocycles. The fraction of sp³-hybridized carbons (Fsp3) is 0.500. The van der Waals surface area contributed by atoms with E-state index in [0.717, 1.165) is 0 Å². The summed E-state index contributed by atoms with van der Waals surface area (Å²) in [5.41, 5.74) is 0. The average Bonchev–Trinajstić information content (AvgIpc) is 2.97. The van der Waals surface area contributed by atoms with Gasteiger partial charge in [0.2, 0.25) is 11.7 Å². The largest absolute Gasteiger partial charge is 0.392 e. The lowest BCUT2D eigenvalue weighted by molar-refractivity contribution is 0.191. The summed E-state index contributed by atoms with van der Waals surface area (Å²) in [5.74, 6) is 1.30. The van der Waals surface area contributed by atoms with Crippen molar-refractivity contribution in [3.05, 3.63) is 12.2 Å². The highest BCUT2D eigenvalue weighted by molar-refractivity contribution is 5.39. The second kappa shape index (κ2) is 3.65. The first-order valence-electron chi connectivity index (χ1n) is 4.93. The van der Waals surface area contributed by atoms with Crippen molar-refractivity contribution in [2.24, 2.45) is 0 Å². The van der Waals surface area contributed by atoms with E-state index in [-0.39, 0.29) is 12.1 Å². The molecule has 8 nitrogen and oxygen atoms in total. The summed E-state index contributed by atoms with van der Waals surface area (Å²) in [6, 6.07) is -0.0841. The minimum Gasteiger partial charge on any atom is -0.392 e. The Labute approximate surface area is 90.1 Å². The summed E-state index contributed by atoms with van der Waals surface area (Å²) in [7, 11) is 0. The average molecular weight is 222 g/mol. The number of aromatic amines is 1. The molecule has 0 amide bonds. The highest BCUT2D eigenvalue weighted by Gasteiger charge is 2.28. The van der Waals surface area contributed by atoms with Crippen molar-refractivity contribution in [1.82, 2.24) is 30.6 Å². The van der Waals surface area contributed by atoms with Gasteiger partial charge in [0.05, 0.1) is 12.1 Å². The molecule has 3 heterocycles. The Balaban J connectivity index is 1.83. The maximum atomic E-state index is 9.37. The van der Waals surface area contributed by atoms with Gasteiger partial charge in [-0.3, -0.25) is 5.10 Å². The van der Waals surface area contributed by atoms with E-state index in [1.807, 2.05) is 0 Å². The van der Waals surface area contributed by atoms with E-state index < -0.39 is 0 Å². The maximum absolute atomic E-state index is 9.37. The third kappa shape index (κ3) is 1.57. The number of hydrogen-bond donors (Lipinski definition) is 3. The van der Waals surface area contributed by atoms with E-state index in [1.165, 1.54) is 6.33 Å². The summed E-state index contributed by atoms with van der Waals surface area (Å²) in [6.45, 7) is 0.546. The smallest absolute Gasteiger partial charge is 0.244 e. The first-order valence-corrected chi connectivity index (χ1v) is 4.93. The fourth-order valence-electron chi connectivity index (χ4n) is 1.69. The topological polar surface area (TPSA) is 113 Å². The van der Waals surface area contributed by atoms with Crippen molar-refractivity contribution in [2.75, 3.05) is 6.54 Å². The standard InChI is InChI=1S/C8H10N6O2/c15-4-1-5(9-2-4)8-12-7(14-16-8)6-10-3-11-13-6/h3-5,9,15H,1-2H2,(H,10,11,13)/t4-,5+/m0/s1. The van der Waals surface area contributed by atoms with E-state index in [1.54, 1.807) is 0 Å². The molecule has 1 aliphatic heterocycles. The molecular weight excluding hydrogens is 212 g/mol. The zero-order chi connectivity index (χ0) is 11.0. The number of hydrogen-bond acceptors (Lipinski definition) is 7. The van der Waals surface area contributed by atoms with Gasteiger partial charge in [0.15, 0.2) is 5.82 Å². The first-order chi connectivity index (χ1) is 7.83. The second-order valence-corrected chi connectivity index (χ2v) is 3.64. The van der Waals surface area contributed by atoms with Crippen LogP contribution in [-0.4, -0.2) is 43.1 Å². The Morgan fingerprint density at radius 2 is 2.44 bits per heavy atom. The van der Waals surface area contributed by atoms with Gasteiger partial charge in [0, 0.05) is 6.54 Å². The minimum absolute atomic E-state index is 0.0841. The summed E-state index contributed by atoms with van der Waals surface area (Å²) in [6.07, 6.45) is 1.60. The molecule has 2 aromatic rings. The molecule has 0 radical (unpaired) electrons.